The van der Waals surface area contributed by atoms with Crippen LogP contribution in [0.4, 0.5) is 10.5 Å². The summed E-state index contributed by atoms with van der Waals surface area (Å²) in [5, 5.41) is 5.11. The topological polar surface area (TPSA) is 121 Å². The van der Waals surface area contributed by atoms with E-state index in [0.29, 0.717) is 49.1 Å². The average Bonchev–Trinajstić information content (AvgIpc) is 3.50. The summed E-state index contributed by atoms with van der Waals surface area (Å²) in [7, 11) is 0. The van der Waals surface area contributed by atoms with Gasteiger partial charge in [0.05, 0.1) is 11.5 Å². The molecule has 7 rings (SSSR count). The minimum Gasteiger partial charge on any atom is -0.673 e. The van der Waals surface area contributed by atoms with Crippen molar-refractivity contribution in [2.24, 2.45) is 11.8 Å². The second kappa shape index (κ2) is 14.0. The molecule has 11 heteroatoms. The second-order valence-corrected chi connectivity index (χ2v) is 14.9. The van der Waals surface area contributed by atoms with Crippen LogP contribution in [-0.4, -0.2) is 64.6 Å². The lowest BCUT2D eigenvalue weighted by Gasteiger charge is -2.40. The lowest BCUT2D eigenvalue weighted by Crippen LogP contribution is -2.48. The van der Waals surface area contributed by atoms with Crippen LogP contribution in [0.2, 0.25) is 0 Å². The van der Waals surface area contributed by atoms with Crippen LogP contribution in [0.3, 0.4) is 0 Å². The van der Waals surface area contributed by atoms with Gasteiger partial charge >= 0.3 is 18.0 Å². The largest absolute Gasteiger partial charge is 0.673 e. The number of amides is 1. The van der Waals surface area contributed by atoms with E-state index < -0.39 is 29.5 Å². The van der Waals surface area contributed by atoms with Gasteiger partial charge in [-0.3, -0.25) is 9.59 Å². The smallest absolute Gasteiger partial charge is 0.415 e. The first-order valence-corrected chi connectivity index (χ1v) is 18.6. The van der Waals surface area contributed by atoms with E-state index in [4.69, 9.17) is 19.5 Å². The maximum absolute atomic E-state index is 14.2. The van der Waals surface area contributed by atoms with Gasteiger partial charge in [-0.15, -0.1) is 5.69 Å². The maximum Gasteiger partial charge on any atom is 0.415 e. The fraction of sp³-hybridized carbons (Fsp3) is 0.550. The zero-order chi connectivity index (χ0) is 36.0. The number of rotatable bonds is 7. The Labute approximate surface area is 299 Å². The van der Waals surface area contributed by atoms with Crippen LogP contribution in [0.25, 0.3) is 10.9 Å². The molecule has 0 radical (unpaired) electrons. The number of fused-ring (bicyclic) bond motifs is 5. The number of ether oxygens (including phenoxy) is 3. The summed E-state index contributed by atoms with van der Waals surface area (Å²) in [6.07, 6.45) is 9.24. The maximum atomic E-state index is 14.2. The van der Waals surface area contributed by atoms with Gasteiger partial charge in [0, 0.05) is 36.9 Å². The third-order valence-corrected chi connectivity index (χ3v) is 11.6. The number of nitrogens with zero attached hydrogens (tertiary/aromatic N) is 4. The fourth-order valence-corrected chi connectivity index (χ4v) is 8.34. The van der Waals surface area contributed by atoms with E-state index in [2.05, 4.69) is 11.8 Å². The lowest BCUT2D eigenvalue weighted by molar-refractivity contribution is -0.185. The summed E-state index contributed by atoms with van der Waals surface area (Å²) >= 11 is 0. The SMILES string of the molecule is C/C=C/[C@@]1(OC(=O)C(C)C(C)C)C(=O)OCc2c1cc1n(c2=O)CC2=C(CC)c3cc(OC(=O)N4CCC(N5CCCCC5)CC4)ccc3[N-]C21. The first-order chi connectivity index (χ1) is 24.6. The zero-order valence-corrected chi connectivity index (χ0v) is 30.4. The lowest BCUT2D eigenvalue weighted by atomic mass is 9.85. The number of benzene rings is 1. The molecule has 1 amide bonds. The van der Waals surface area contributed by atoms with E-state index >= 15 is 0 Å². The molecular weight excluding hydrogens is 648 g/mol. The quantitative estimate of drug-likeness (QED) is 0.226. The van der Waals surface area contributed by atoms with E-state index in [1.807, 2.05) is 30.9 Å². The molecule has 5 aliphatic heterocycles. The van der Waals surface area contributed by atoms with Crippen molar-refractivity contribution in [1.82, 2.24) is 14.4 Å². The van der Waals surface area contributed by atoms with Crippen LogP contribution in [0.1, 0.15) is 102 Å². The van der Waals surface area contributed by atoms with Crippen LogP contribution < -0.4 is 10.3 Å². The van der Waals surface area contributed by atoms with Crippen molar-refractivity contribution < 1.29 is 28.6 Å². The highest BCUT2D eigenvalue weighted by Crippen LogP contribution is 2.53. The Balaban J connectivity index is 1.16. The number of likely N-dealkylation sites (tertiary alicyclic amines) is 2. The summed E-state index contributed by atoms with van der Waals surface area (Å²) < 4.78 is 19.2. The first kappa shape index (κ1) is 35.0. The predicted molar refractivity (Wildman–Crippen MR) is 193 cm³/mol. The van der Waals surface area contributed by atoms with Crippen molar-refractivity contribution in [3.8, 4) is 5.75 Å². The molecule has 51 heavy (non-hydrogen) atoms. The number of cyclic esters (lactones) is 1. The summed E-state index contributed by atoms with van der Waals surface area (Å²) in [6, 6.07) is 7.39. The summed E-state index contributed by atoms with van der Waals surface area (Å²) in [4.78, 5) is 58.6. The molecule has 0 aliphatic carbocycles. The molecule has 0 saturated carbocycles. The average molecular weight is 698 g/mol. The number of carbonyl (C=O) groups excluding carboxylic acids is 3. The van der Waals surface area contributed by atoms with Gasteiger partial charge in [0.25, 0.3) is 11.2 Å². The molecule has 5 aliphatic rings. The van der Waals surface area contributed by atoms with Crippen molar-refractivity contribution >= 4 is 29.3 Å². The number of carbonyl (C=O) groups is 3. The number of piperidine rings is 2. The third-order valence-electron chi connectivity index (χ3n) is 11.6. The zero-order valence-electron chi connectivity index (χ0n) is 30.4. The molecule has 6 heterocycles. The predicted octanol–water partition coefficient (Wildman–Crippen LogP) is 6.90. The third kappa shape index (κ3) is 6.17. The number of allylic oxidation sites excluding steroid dienone is 2. The van der Waals surface area contributed by atoms with Gasteiger partial charge < -0.3 is 33.9 Å². The summed E-state index contributed by atoms with van der Waals surface area (Å²) in [5.41, 5.74) is 2.67. The monoisotopic (exact) mass is 697 g/mol. The molecule has 0 spiro atoms. The molecule has 11 nitrogen and oxygen atoms in total. The molecule has 1 aromatic heterocycles. The molecule has 0 bridgehead atoms. The Morgan fingerprint density at radius 3 is 2.49 bits per heavy atom. The van der Waals surface area contributed by atoms with Crippen molar-refractivity contribution in [2.75, 3.05) is 26.2 Å². The number of hydrogen-bond acceptors (Lipinski definition) is 8. The van der Waals surface area contributed by atoms with Crippen LogP contribution in [-0.2, 0) is 37.8 Å². The van der Waals surface area contributed by atoms with Crippen molar-refractivity contribution in [1.29, 1.82) is 0 Å². The van der Waals surface area contributed by atoms with Gasteiger partial charge in [0.2, 0.25) is 0 Å². The number of hydrogen-bond donors (Lipinski definition) is 0. The van der Waals surface area contributed by atoms with Gasteiger partial charge in [-0.25, -0.2) is 9.59 Å². The van der Waals surface area contributed by atoms with Crippen LogP contribution in [0.15, 0.2) is 46.8 Å². The molecule has 2 saturated heterocycles. The van der Waals surface area contributed by atoms with E-state index in [-0.39, 0.29) is 29.7 Å². The van der Waals surface area contributed by atoms with Crippen LogP contribution >= 0.6 is 0 Å². The molecular formula is C40H49N4O7-. The second-order valence-electron chi connectivity index (χ2n) is 14.9. The Kier molecular flexibility index (Phi) is 9.60. The van der Waals surface area contributed by atoms with Crippen LogP contribution in [0.5, 0.6) is 5.75 Å². The van der Waals surface area contributed by atoms with Crippen LogP contribution in [0, 0.1) is 11.8 Å². The standard InChI is InChI=1S/C40H49N4O7/c1-6-15-40(51-37(46)25(5)24(3)4)32-21-34-35-30(22-44(34)36(45)31(32)23-49-38(40)47)28(7-2)29-20-27(11-12-33(29)41-35)50-39(48)43-18-13-26(14-19-43)42-16-9-8-10-17-42/h6,11-12,15,20-21,24-26,35H,7-10,13-14,16-19,22-23H2,1-5H3/q-1/b15-6+/t25?,35?,40-/m0/s1. The van der Waals surface area contributed by atoms with Crippen molar-refractivity contribution in [3.05, 3.63) is 80.0 Å². The van der Waals surface area contributed by atoms with E-state index in [1.165, 1.54) is 25.3 Å². The number of aromatic nitrogens is 1. The van der Waals surface area contributed by atoms with Gasteiger partial charge in [-0.1, -0.05) is 57.9 Å². The van der Waals surface area contributed by atoms with E-state index in [1.54, 1.807) is 36.6 Å². The van der Waals surface area contributed by atoms with Gasteiger partial charge in [-0.05, 0) is 93.4 Å². The normalized spacial score (nSPS) is 24.0. The summed E-state index contributed by atoms with van der Waals surface area (Å²) in [6.45, 7) is 13.2. The highest BCUT2D eigenvalue weighted by molar-refractivity contribution is 5.90. The first-order valence-electron chi connectivity index (χ1n) is 18.6. The van der Waals surface area contributed by atoms with Gasteiger partial charge in [0.15, 0.2) is 0 Å². The minimum atomic E-state index is -1.88. The van der Waals surface area contributed by atoms with E-state index in [9.17, 15) is 19.2 Å². The number of esters is 2. The number of pyridine rings is 1. The highest BCUT2D eigenvalue weighted by atomic mass is 16.6. The molecule has 2 fully saturated rings. The van der Waals surface area contributed by atoms with Crippen molar-refractivity contribution in [2.45, 2.75) is 104 Å². The Morgan fingerprint density at radius 1 is 1.06 bits per heavy atom. The highest BCUT2D eigenvalue weighted by Gasteiger charge is 2.50. The molecule has 2 aromatic rings. The summed E-state index contributed by atoms with van der Waals surface area (Å²) in [5.74, 6) is -1.31. The Morgan fingerprint density at radius 2 is 1.80 bits per heavy atom. The van der Waals surface area contributed by atoms with Gasteiger partial charge in [0.1, 0.15) is 12.4 Å². The van der Waals surface area contributed by atoms with Gasteiger partial charge in [-0.2, -0.15) is 0 Å². The van der Waals surface area contributed by atoms with E-state index in [0.717, 1.165) is 48.3 Å². The molecule has 1 aromatic carbocycles. The minimum absolute atomic E-state index is 0.0166. The molecule has 2 unspecified atom stereocenters. The molecule has 0 N–H and O–H groups in total. The fourth-order valence-electron chi connectivity index (χ4n) is 8.34. The molecule has 272 valence electrons. The molecule has 3 atom stereocenters. The van der Waals surface area contributed by atoms with Crippen molar-refractivity contribution in [3.63, 3.8) is 0 Å². The Bertz CT molecular complexity index is 1850. The Hall–Kier alpha value is -4.38.